The first-order valence-electron chi connectivity index (χ1n) is 12.0. The highest BCUT2D eigenvalue weighted by Gasteiger charge is 2.35. The van der Waals surface area contributed by atoms with Crippen LogP contribution in [-0.2, 0) is 0 Å². The summed E-state index contributed by atoms with van der Waals surface area (Å²) in [5.74, 6) is 0.330. The highest BCUT2D eigenvalue weighted by Crippen LogP contribution is 2.47. The van der Waals surface area contributed by atoms with E-state index >= 15 is 0 Å². The molecule has 8 nitrogen and oxygen atoms in total. The van der Waals surface area contributed by atoms with Crippen molar-refractivity contribution in [3.05, 3.63) is 94.2 Å². The zero-order chi connectivity index (χ0) is 26.6. The zero-order valence-electron chi connectivity index (χ0n) is 20.3. The largest absolute Gasteiger partial charge is 0.502 e. The number of nitro benzene ring substituents is 1. The van der Waals surface area contributed by atoms with Crippen LogP contribution in [0.4, 0.5) is 11.4 Å². The minimum atomic E-state index is -0.612. The van der Waals surface area contributed by atoms with Crippen LogP contribution in [0, 0.1) is 10.1 Å². The van der Waals surface area contributed by atoms with Gasteiger partial charge in [0.1, 0.15) is 11.4 Å². The van der Waals surface area contributed by atoms with E-state index in [9.17, 15) is 20.0 Å². The summed E-state index contributed by atoms with van der Waals surface area (Å²) in [6, 6.07) is 21.3. The molecule has 9 heteroatoms. The number of benzene rings is 4. The summed E-state index contributed by atoms with van der Waals surface area (Å²) in [4.78, 5) is 29.7. The average Bonchev–Trinajstić information content (AvgIpc) is 3.53. The van der Waals surface area contributed by atoms with Crippen LogP contribution in [0.1, 0.15) is 22.0 Å². The Labute approximate surface area is 222 Å². The van der Waals surface area contributed by atoms with Gasteiger partial charge in [0.05, 0.1) is 12.0 Å². The lowest BCUT2D eigenvalue weighted by molar-refractivity contribution is -0.385. The Morgan fingerprint density at radius 2 is 1.92 bits per heavy atom. The molecule has 1 aromatic heterocycles. The van der Waals surface area contributed by atoms with E-state index in [4.69, 9.17) is 16.3 Å². The van der Waals surface area contributed by atoms with Crippen LogP contribution >= 0.6 is 11.6 Å². The van der Waals surface area contributed by atoms with Crippen LogP contribution < -0.4 is 9.64 Å². The van der Waals surface area contributed by atoms with Crippen molar-refractivity contribution >= 4 is 50.6 Å². The molecule has 2 heterocycles. The Morgan fingerprint density at radius 1 is 1.13 bits per heavy atom. The number of nitrogens with one attached hydrogen (secondary N) is 1. The lowest BCUT2D eigenvalue weighted by atomic mass is 9.90. The molecule has 190 valence electrons. The number of alkyl halides is 1. The second kappa shape index (κ2) is 9.08. The van der Waals surface area contributed by atoms with Crippen molar-refractivity contribution in [2.24, 2.45) is 0 Å². The molecule has 0 fully saturated rings. The molecule has 1 atom stereocenters. The number of ether oxygens (including phenoxy) is 1. The molecule has 0 bridgehead atoms. The van der Waals surface area contributed by atoms with E-state index in [2.05, 4.69) is 4.98 Å². The SMILES string of the molecule is COc1ccc2[nH]c(C(=O)N3CC(CCl)c4c3cc(-c3ccc(O)c([N+](=O)[O-])c3)c3ccccc43)cc2c1. The second-order valence-electron chi connectivity index (χ2n) is 9.27. The average molecular weight is 528 g/mol. The molecule has 0 saturated carbocycles. The number of hydrogen-bond acceptors (Lipinski definition) is 5. The summed E-state index contributed by atoms with van der Waals surface area (Å²) in [7, 11) is 1.60. The molecule has 1 unspecified atom stereocenters. The van der Waals surface area contributed by atoms with Crippen LogP contribution in [0.2, 0.25) is 0 Å². The van der Waals surface area contributed by atoms with Gasteiger partial charge in [-0.05, 0) is 63.9 Å². The second-order valence-corrected chi connectivity index (χ2v) is 9.57. The van der Waals surface area contributed by atoms with Crippen molar-refractivity contribution in [2.75, 3.05) is 24.4 Å². The lowest BCUT2D eigenvalue weighted by Gasteiger charge is -2.19. The minimum Gasteiger partial charge on any atom is -0.502 e. The maximum Gasteiger partial charge on any atom is 0.311 e. The maximum absolute atomic E-state index is 13.9. The third-order valence-electron chi connectivity index (χ3n) is 7.14. The Balaban J connectivity index is 1.53. The Hall–Kier alpha value is -4.56. The van der Waals surface area contributed by atoms with Crippen molar-refractivity contribution in [3.8, 4) is 22.6 Å². The summed E-state index contributed by atoms with van der Waals surface area (Å²) in [6.45, 7) is 0.402. The highest BCUT2D eigenvalue weighted by atomic mass is 35.5. The van der Waals surface area contributed by atoms with E-state index in [0.717, 1.165) is 32.8 Å². The van der Waals surface area contributed by atoms with Gasteiger partial charge >= 0.3 is 5.69 Å². The fraction of sp³-hybridized carbons (Fsp3) is 0.138. The van der Waals surface area contributed by atoms with E-state index in [-0.39, 0.29) is 17.5 Å². The van der Waals surface area contributed by atoms with Gasteiger partial charge in [-0.2, -0.15) is 0 Å². The fourth-order valence-electron chi connectivity index (χ4n) is 5.34. The van der Waals surface area contributed by atoms with Gasteiger partial charge in [0.2, 0.25) is 0 Å². The number of amides is 1. The van der Waals surface area contributed by atoms with Crippen LogP contribution in [0.25, 0.3) is 32.8 Å². The number of H-pyrrole nitrogens is 1. The van der Waals surface area contributed by atoms with Crippen molar-refractivity contribution in [1.82, 2.24) is 4.98 Å². The van der Waals surface area contributed by atoms with E-state index in [0.29, 0.717) is 35.1 Å². The summed E-state index contributed by atoms with van der Waals surface area (Å²) in [5, 5.41) is 24.2. The third-order valence-corrected chi connectivity index (χ3v) is 7.51. The smallest absolute Gasteiger partial charge is 0.311 e. The number of fused-ring (bicyclic) bond motifs is 4. The van der Waals surface area contributed by atoms with Gasteiger partial charge < -0.3 is 19.7 Å². The van der Waals surface area contributed by atoms with Gasteiger partial charge in [0.25, 0.3) is 5.91 Å². The third kappa shape index (κ3) is 3.72. The number of phenolic OH excluding ortho intramolecular Hbond substituents is 1. The van der Waals surface area contributed by atoms with Gasteiger partial charge in [-0.3, -0.25) is 14.9 Å². The van der Waals surface area contributed by atoms with Crippen molar-refractivity contribution in [3.63, 3.8) is 0 Å². The monoisotopic (exact) mass is 527 g/mol. The van der Waals surface area contributed by atoms with Crippen LogP contribution in [0.5, 0.6) is 11.5 Å². The van der Waals surface area contributed by atoms with Gasteiger partial charge in [-0.15, -0.1) is 11.6 Å². The Kier molecular flexibility index (Phi) is 5.69. The number of nitrogens with zero attached hydrogens (tertiary/aromatic N) is 2. The molecule has 4 aromatic carbocycles. The number of carbonyl (C=O) groups is 1. The number of phenols is 1. The number of rotatable bonds is 5. The highest BCUT2D eigenvalue weighted by molar-refractivity contribution is 6.19. The molecule has 1 amide bonds. The van der Waals surface area contributed by atoms with Gasteiger partial charge in [0, 0.05) is 41.0 Å². The van der Waals surface area contributed by atoms with E-state index in [1.165, 1.54) is 12.1 Å². The standard InChI is InChI=1S/C29H22ClN3O5/c1-38-19-7-8-23-17(10-19)11-24(31-23)29(35)32-15-18(14-30)28-21-5-3-2-4-20(21)22(13-26(28)32)16-6-9-27(34)25(12-16)33(36)37/h2-13,18,31,34H,14-15H2,1H3. The molecular formula is C29H22ClN3O5. The molecule has 0 saturated heterocycles. The van der Waals surface area contributed by atoms with E-state index in [1.54, 1.807) is 24.1 Å². The summed E-state index contributed by atoms with van der Waals surface area (Å²) in [5.41, 5.74) is 3.83. The zero-order valence-corrected chi connectivity index (χ0v) is 21.0. The summed E-state index contributed by atoms with van der Waals surface area (Å²) < 4.78 is 5.31. The summed E-state index contributed by atoms with van der Waals surface area (Å²) in [6.07, 6.45) is 0. The molecule has 0 aliphatic carbocycles. The molecule has 6 rings (SSSR count). The van der Waals surface area contributed by atoms with Crippen molar-refractivity contribution < 1.29 is 19.6 Å². The lowest BCUT2D eigenvalue weighted by Crippen LogP contribution is -2.30. The minimum absolute atomic E-state index is 0.0896. The van der Waals surface area contributed by atoms with E-state index < -0.39 is 10.7 Å². The number of aromatic amines is 1. The molecular weight excluding hydrogens is 506 g/mol. The number of anilines is 1. The summed E-state index contributed by atoms with van der Waals surface area (Å²) >= 11 is 6.42. The number of halogens is 1. The van der Waals surface area contributed by atoms with Crippen molar-refractivity contribution in [1.29, 1.82) is 0 Å². The van der Waals surface area contributed by atoms with Crippen LogP contribution in [0.3, 0.4) is 0 Å². The van der Waals surface area contributed by atoms with Gasteiger partial charge in [-0.1, -0.05) is 30.3 Å². The molecule has 2 N–H and O–H groups in total. The predicted octanol–water partition coefficient (Wildman–Crippen LogP) is 6.59. The molecule has 1 aliphatic heterocycles. The number of carbonyl (C=O) groups excluding carboxylic acids is 1. The molecule has 0 radical (unpaired) electrons. The van der Waals surface area contributed by atoms with Crippen LogP contribution in [-0.4, -0.2) is 40.5 Å². The topological polar surface area (TPSA) is 109 Å². The van der Waals surface area contributed by atoms with Gasteiger partial charge in [0.15, 0.2) is 5.75 Å². The number of aromatic hydroxyl groups is 1. The Bertz CT molecular complexity index is 1760. The number of hydrogen-bond donors (Lipinski definition) is 2. The normalized spacial score (nSPS) is 14.7. The maximum atomic E-state index is 13.9. The molecule has 1 aliphatic rings. The van der Waals surface area contributed by atoms with E-state index in [1.807, 2.05) is 48.5 Å². The first-order chi connectivity index (χ1) is 18.4. The molecule has 38 heavy (non-hydrogen) atoms. The van der Waals surface area contributed by atoms with Crippen molar-refractivity contribution in [2.45, 2.75) is 5.92 Å². The Morgan fingerprint density at radius 3 is 2.66 bits per heavy atom. The van der Waals surface area contributed by atoms with Crippen LogP contribution in [0.15, 0.2) is 72.8 Å². The number of methoxy groups -OCH3 is 1. The first kappa shape index (κ1) is 23.8. The molecule has 5 aromatic rings. The number of aromatic nitrogens is 1. The fourth-order valence-corrected chi connectivity index (χ4v) is 5.59. The predicted molar refractivity (Wildman–Crippen MR) is 148 cm³/mol. The quantitative estimate of drug-likeness (QED) is 0.152. The first-order valence-corrected chi connectivity index (χ1v) is 12.5. The molecule has 0 spiro atoms. The number of nitro groups is 1. The van der Waals surface area contributed by atoms with Gasteiger partial charge in [-0.25, -0.2) is 0 Å².